The Kier molecular flexibility index (Phi) is 4.02. The number of benzene rings is 1. The third kappa shape index (κ3) is 2.84. The first-order chi connectivity index (χ1) is 9.95. The molecule has 5 heteroatoms. The Morgan fingerprint density at radius 3 is 2.67 bits per heavy atom. The van der Waals surface area contributed by atoms with Crippen molar-refractivity contribution in [2.75, 3.05) is 13.1 Å². The fourth-order valence-electron chi connectivity index (χ4n) is 3.27. The molecule has 0 aliphatic carbocycles. The maximum Gasteiger partial charge on any atom is 0.271 e. The van der Waals surface area contributed by atoms with Gasteiger partial charge in [-0.15, -0.1) is 0 Å². The molecule has 112 valence electrons. The maximum atomic E-state index is 12.8. The molecule has 3 rings (SSSR count). The van der Waals surface area contributed by atoms with Crippen molar-refractivity contribution < 1.29 is 4.79 Å². The van der Waals surface area contributed by atoms with Gasteiger partial charge in [-0.05, 0) is 36.5 Å². The lowest BCUT2D eigenvalue weighted by atomic mass is 9.92. The number of halogens is 2. The van der Waals surface area contributed by atoms with Gasteiger partial charge < -0.3 is 9.88 Å². The van der Waals surface area contributed by atoms with E-state index >= 15 is 0 Å². The Balaban J connectivity index is 1.96. The minimum atomic E-state index is 0.00530. The van der Waals surface area contributed by atoms with Crippen LogP contribution in [0.4, 0.5) is 0 Å². The maximum absolute atomic E-state index is 12.8. The van der Waals surface area contributed by atoms with Crippen molar-refractivity contribution in [3.63, 3.8) is 0 Å². The molecule has 1 N–H and O–H groups in total. The molecule has 2 heterocycles. The second kappa shape index (κ2) is 5.65. The highest BCUT2D eigenvalue weighted by molar-refractivity contribution is 9.10. The molecular weight excluding hydrogens is 352 g/mol. The topological polar surface area (TPSA) is 36.1 Å². The Morgan fingerprint density at radius 2 is 2.00 bits per heavy atom. The Labute approximate surface area is 137 Å². The summed E-state index contributed by atoms with van der Waals surface area (Å²) in [6.45, 7) is 6.00. The summed E-state index contributed by atoms with van der Waals surface area (Å²) in [5, 5.41) is 1.40. The van der Waals surface area contributed by atoms with Crippen molar-refractivity contribution in [2.24, 2.45) is 11.8 Å². The van der Waals surface area contributed by atoms with E-state index in [0.717, 1.165) is 28.5 Å². The number of carbonyl (C=O) groups excluding carboxylic acids is 1. The van der Waals surface area contributed by atoms with Gasteiger partial charge in [0.15, 0.2) is 0 Å². The fraction of sp³-hybridized carbons (Fsp3) is 0.438. The average Bonchev–Trinajstić information content (AvgIpc) is 2.74. The van der Waals surface area contributed by atoms with Crippen LogP contribution in [0.2, 0.25) is 5.02 Å². The van der Waals surface area contributed by atoms with Gasteiger partial charge in [0.1, 0.15) is 5.69 Å². The van der Waals surface area contributed by atoms with Gasteiger partial charge in [0.05, 0.1) is 5.02 Å². The Morgan fingerprint density at radius 1 is 1.33 bits per heavy atom. The van der Waals surface area contributed by atoms with Gasteiger partial charge in [-0.1, -0.05) is 41.4 Å². The molecule has 1 aromatic carbocycles. The van der Waals surface area contributed by atoms with Crippen molar-refractivity contribution in [3.05, 3.63) is 33.4 Å². The van der Waals surface area contributed by atoms with Crippen LogP contribution in [0.15, 0.2) is 22.7 Å². The molecule has 1 aliphatic rings. The number of fused-ring (bicyclic) bond motifs is 1. The van der Waals surface area contributed by atoms with Gasteiger partial charge >= 0.3 is 0 Å². The van der Waals surface area contributed by atoms with Crippen LogP contribution < -0.4 is 0 Å². The highest BCUT2D eigenvalue weighted by atomic mass is 79.9. The number of likely N-dealkylation sites (tertiary alicyclic amines) is 1. The van der Waals surface area contributed by atoms with Crippen LogP contribution in [0.25, 0.3) is 10.9 Å². The normalized spacial score (nSPS) is 22.8. The van der Waals surface area contributed by atoms with E-state index < -0.39 is 0 Å². The number of nitrogens with one attached hydrogen (secondary N) is 1. The van der Waals surface area contributed by atoms with Gasteiger partial charge in [-0.3, -0.25) is 4.79 Å². The molecule has 2 aromatic rings. The van der Waals surface area contributed by atoms with E-state index in [1.54, 1.807) is 0 Å². The lowest BCUT2D eigenvalue weighted by Gasteiger charge is -2.34. The highest BCUT2D eigenvalue weighted by Crippen LogP contribution is 2.31. The summed E-state index contributed by atoms with van der Waals surface area (Å²) in [4.78, 5) is 17.9. The molecule has 1 aliphatic heterocycles. The molecule has 0 bridgehead atoms. The van der Waals surface area contributed by atoms with Crippen molar-refractivity contribution >= 4 is 44.3 Å². The molecule has 0 radical (unpaired) electrons. The molecule has 1 aromatic heterocycles. The zero-order chi connectivity index (χ0) is 15.1. The number of carbonyl (C=O) groups is 1. The first-order valence-corrected chi connectivity index (χ1v) is 8.38. The highest BCUT2D eigenvalue weighted by Gasteiger charge is 2.28. The van der Waals surface area contributed by atoms with Crippen LogP contribution >= 0.6 is 27.5 Å². The van der Waals surface area contributed by atoms with Crippen LogP contribution in [-0.2, 0) is 0 Å². The Hall–Kier alpha value is -1.000. The monoisotopic (exact) mass is 368 g/mol. The van der Waals surface area contributed by atoms with Crippen LogP contribution in [0, 0.1) is 11.8 Å². The minimum absolute atomic E-state index is 0.00530. The summed E-state index contributed by atoms with van der Waals surface area (Å²) in [5.74, 6) is 1.08. The molecule has 0 unspecified atom stereocenters. The summed E-state index contributed by atoms with van der Waals surface area (Å²) >= 11 is 9.85. The van der Waals surface area contributed by atoms with Gasteiger partial charge in [-0.2, -0.15) is 0 Å². The third-order valence-corrected chi connectivity index (χ3v) is 4.95. The number of aromatic nitrogens is 1. The van der Waals surface area contributed by atoms with Crippen LogP contribution in [-0.4, -0.2) is 28.9 Å². The number of hydrogen-bond donors (Lipinski definition) is 1. The standard InChI is InChI=1S/C16H18BrClN2O/c1-9-5-10(2)8-20(7-9)16(21)15-14(18)12-6-11(17)3-4-13(12)19-15/h3-4,6,9-10,19H,5,7-8H2,1-2H3/t9-,10-/m0/s1. The van der Waals surface area contributed by atoms with E-state index in [1.165, 1.54) is 6.42 Å². The molecule has 2 atom stereocenters. The number of H-pyrrole nitrogens is 1. The number of piperidine rings is 1. The smallest absolute Gasteiger partial charge is 0.271 e. The van der Waals surface area contributed by atoms with Gasteiger partial charge in [-0.25, -0.2) is 0 Å². The molecule has 3 nitrogen and oxygen atoms in total. The fourth-order valence-corrected chi connectivity index (χ4v) is 3.91. The van der Waals surface area contributed by atoms with Crippen molar-refractivity contribution in [1.82, 2.24) is 9.88 Å². The van der Waals surface area contributed by atoms with Crippen molar-refractivity contribution in [1.29, 1.82) is 0 Å². The number of nitrogens with zero attached hydrogens (tertiary/aromatic N) is 1. The first kappa shape index (κ1) is 14.9. The number of amides is 1. The van der Waals surface area contributed by atoms with Crippen LogP contribution in [0.5, 0.6) is 0 Å². The third-order valence-electron chi connectivity index (χ3n) is 4.07. The zero-order valence-corrected chi connectivity index (χ0v) is 14.5. The Bertz CT molecular complexity index is 687. The van der Waals surface area contributed by atoms with Gasteiger partial charge in [0.25, 0.3) is 5.91 Å². The summed E-state index contributed by atoms with van der Waals surface area (Å²) < 4.78 is 0.954. The quantitative estimate of drug-likeness (QED) is 0.777. The predicted molar refractivity (Wildman–Crippen MR) is 89.9 cm³/mol. The van der Waals surface area contributed by atoms with E-state index in [2.05, 4.69) is 34.8 Å². The number of aromatic amines is 1. The average molecular weight is 370 g/mol. The SMILES string of the molecule is C[C@H]1C[C@H](C)CN(C(=O)c2[nH]c3ccc(Br)cc3c2Cl)C1. The van der Waals surface area contributed by atoms with Gasteiger partial charge in [0.2, 0.25) is 0 Å². The van der Waals surface area contributed by atoms with E-state index in [-0.39, 0.29) is 5.91 Å². The summed E-state index contributed by atoms with van der Waals surface area (Å²) in [6.07, 6.45) is 1.18. The second-order valence-corrected chi connectivity index (χ2v) is 7.45. The van der Waals surface area contributed by atoms with Gasteiger partial charge in [0, 0.05) is 28.5 Å². The minimum Gasteiger partial charge on any atom is -0.349 e. The lowest BCUT2D eigenvalue weighted by Crippen LogP contribution is -2.42. The van der Waals surface area contributed by atoms with Crippen molar-refractivity contribution in [2.45, 2.75) is 20.3 Å². The summed E-state index contributed by atoms with van der Waals surface area (Å²) in [5.41, 5.74) is 1.40. The summed E-state index contributed by atoms with van der Waals surface area (Å²) in [6, 6.07) is 5.81. The van der Waals surface area contributed by atoms with E-state index in [0.29, 0.717) is 22.6 Å². The zero-order valence-electron chi connectivity index (χ0n) is 12.1. The van der Waals surface area contributed by atoms with Crippen molar-refractivity contribution in [3.8, 4) is 0 Å². The molecule has 0 saturated carbocycles. The van der Waals surface area contributed by atoms with E-state index in [9.17, 15) is 4.79 Å². The molecular formula is C16H18BrClN2O. The van der Waals surface area contributed by atoms with E-state index in [4.69, 9.17) is 11.6 Å². The molecule has 1 saturated heterocycles. The van der Waals surface area contributed by atoms with Crippen LogP contribution in [0.1, 0.15) is 30.8 Å². The number of rotatable bonds is 1. The molecule has 0 spiro atoms. The summed E-state index contributed by atoms with van der Waals surface area (Å²) in [7, 11) is 0. The molecule has 21 heavy (non-hydrogen) atoms. The predicted octanol–water partition coefficient (Wildman–Crippen LogP) is 4.70. The number of hydrogen-bond acceptors (Lipinski definition) is 1. The largest absolute Gasteiger partial charge is 0.349 e. The van der Waals surface area contributed by atoms with E-state index in [1.807, 2.05) is 23.1 Å². The molecule has 1 fully saturated rings. The first-order valence-electron chi connectivity index (χ1n) is 7.21. The van der Waals surface area contributed by atoms with Crippen LogP contribution in [0.3, 0.4) is 0 Å². The second-order valence-electron chi connectivity index (χ2n) is 6.16. The lowest BCUT2D eigenvalue weighted by molar-refractivity contribution is 0.0618. The molecule has 1 amide bonds.